The summed E-state index contributed by atoms with van der Waals surface area (Å²) < 4.78 is 10.4. The molecule has 0 aromatic heterocycles. The average molecular weight is 242 g/mol. The van der Waals surface area contributed by atoms with E-state index in [-0.39, 0.29) is 12.0 Å². The van der Waals surface area contributed by atoms with Crippen LogP contribution in [-0.2, 0) is 14.3 Å². The monoisotopic (exact) mass is 242 g/mol. The summed E-state index contributed by atoms with van der Waals surface area (Å²) in [5.41, 5.74) is 0. The molecule has 2 rings (SSSR count). The van der Waals surface area contributed by atoms with Gasteiger partial charge in [0.25, 0.3) is 0 Å². The molecule has 0 aromatic rings. The van der Waals surface area contributed by atoms with E-state index in [1.165, 1.54) is 12.8 Å². The third-order valence-corrected chi connectivity index (χ3v) is 3.13. The zero-order valence-corrected chi connectivity index (χ0v) is 10.5. The molecule has 1 atom stereocenters. The molecule has 1 saturated heterocycles. The van der Waals surface area contributed by atoms with Crippen LogP contribution in [0.15, 0.2) is 0 Å². The van der Waals surface area contributed by atoms with Gasteiger partial charge in [0.05, 0.1) is 19.8 Å². The van der Waals surface area contributed by atoms with Gasteiger partial charge in [-0.1, -0.05) is 0 Å². The van der Waals surface area contributed by atoms with Gasteiger partial charge < -0.3 is 14.8 Å². The molecule has 5 nitrogen and oxygen atoms in total. The summed E-state index contributed by atoms with van der Waals surface area (Å²) in [6.07, 6.45) is 2.36. The first-order valence-corrected chi connectivity index (χ1v) is 6.52. The number of morpholine rings is 1. The minimum absolute atomic E-state index is 0.120. The van der Waals surface area contributed by atoms with E-state index in [0.717, 1.165) is 32.8 Å². The Morgan fingerprint density at radius 3 is 2.76 bits per heavy atom. The summed E-state index contributed by atoms with van der Waals surface area (Å²) in [5, 5.41) is 3.37. The highest BCUT2D eigenvalue weighted by Crippen LogP contribution is 2.20. The molecule has 1 saturated carbocycles. The molecule has 0 aromatic carbocycles. The van der Waals surface area contributed by atoms with Gasteiger partial charge in [0.2, 0.25) is 0 Å². The standard InChI is InChI=1S/C12H22N2O3/c1-2-17-12(15)11(13-10-3-4-10)9-14-5-7-16-8-6-14/h10-11,13H,2-9H2,1H3. The Labute approximate surface area is 102 Å². The number of nitrogens with one attached hydrogen (secondary N) is 1. The Hall–Kier alpha value is -0.650. The fourth-order valence-electron chi connectivity index (χ4n) is 2.01. The summed E-state index contributed by atoms with van der Waals surface area (Å²) in [5.74, 6) is -0.120. The maximum atomic E-state index is 11.8. The molecule has 0 radical (unpaired) electrons. The molecular weight excluding hydrogens is 220 g/mol. The van der Waals surface area contributed by atoms with Gasteiger partial charge in [0.15, 0.2) is 0 Å². The van der Waals surface area contributed by atoms with E-state index in [1.807, 2.05) is 6.92 Å². The fourth-order valence-corrected chi connectivity index (χ4v) is 2.01. The number of ether oxygens (including phenoxy) is 2. The molecule has 5 heteroatoms. The largest absolute Gasteiger partial charge is 0.465 e. The highest BCUT2D eigenvalue weighted by molar-refractivity contribution is 5.76. The lowest BCUT2D eigenvalue weighted by Gasteiger charge is -2.30. The SMILES string of the molecule is CCOC(=O)C(CN1CCOCC1)NC1CC1. The molecule has 0 spiro atoms. The predicted octanol–water partition coefficient (Wildman–Crippen LogP) is 0.00230. The molecule has 1 heterocycles. The quantitative estimate of drug-likeness (QED) is 0.665. The van der Waals surface area contributed by atoms with Crippen LogP contribution in [0.1, 0.15) is 19.8 Å². The topological polar surface area (TPSA) is 50.8 Å². The first-order valence-electron chi connectivity index (χ1n) is 6.52. The molecule has 1 aliphatic heterocycles. The highest BCUT2D eigenvalue weighted by atomic mass is 16.5. The highest BCUT2D eigenvalue weighted by Gasteiger charge is 2.30. The number of carbonyl (C=O) groups is 1. The van der Waals surface area contributed by atoms with E-state index in [4.69, 9.17) is 9.47 Å². The molecule has 2 fully saturated rings. The normalized spacial score (nSPS) is 23.4. The van der Waals surface area contributed by atoms with Crippen molar-refractivity contribution in [1.29, 1.82) is 0 Å². The maximum absolute atomic E-state index is 11.8. The van der Waals surface area contributed by atoms with Crippen molar-refractivity contribution in [2.75, 3.05) is 39.5 Å². The Kier molecular flexibility index (Phi) is 4.76. The van der Waals surface area contributed by atoms with Crippen molar-refractivity contribution in [2.24, 2.45) is 0 Å². The third-order valence-electron chi connectivity index (χ3n) is 3.13. The van der Waals surface area contributed by atoms with E-state index in [0.29, 0.717) is 12.6 Å². The van der Waals surface area contributed by atoms with Crippen LogP contribution >= 0.6 is 0 Å². The second-order valence-electron chi connectivity index (χ2n) is 4.66. The first-order chi connectivity index (χ1) is 8.29. The summed E-state index contributed by atoms with van der Waals surface area (Å²) in [4.78, 5) is 14.1. The Balaban J connectivity index is 1.81. The van der Waals surface area contributed by atoms with E-state index in [2.05, 4.69) is 10.2 Å². The lowest BCUT2D eigenvalue weighted by Crippen LogP contribution is -2.50. The van der Waals surface area contributed by atoms with Crippen LogP contribution in [0.25, 0.3) is 0 Å². The summed E-state index contributed by atoms with van der Waals surface area (Å²) >= 11 is 0. The summed E-state index contributed by atoms with van der Waals surface area (Å²) in [6, 6.07) is 0.339. The van der Waals surface area contributed by atoms with Gasteiger partial charge in [-0.15, -0.1) is 0 Å². The van der Waals surface area contributed by atoms with Crippen molar-refractivity contribution >= 4 is 5.97 Å². The van der Waals surface area contributed by atoms with E-state index >= 15 is 0 Å². The van der Waals surface area contributed by atoms with Crippen molar-refractivity contribution in [3.8, 4) is 0 Å². The lowest BCUT2D eigenvalue weighted by atomic mass is 10.2. The number of nitrogens with zero attached hydrogens (tertiary/aromatic N) is 1. The molecule has 17 heavy (non-hydrogen) atoms. The Morgan fingerprint density at radius 2 is 2.18 bits per heavy atom. The maximum Gasteiger partial charge on any atom is 0.324 e. The molecule has 98 valence electrons. The van der Waals surface area contributed by atoms with Crippen LogP contribution in [0, 0.1) is 0 Å². The second kappa shape index (κ2) is 6.33. The molecule has 2 aliphatic rings. The van der Waals surface area contributed by atoms with Crippen LogP contribution in [0.4, 0.5) is 0 Å². The Morgan fingerprint density at radius 1 is 1.47 bits per heavy atom. The number of esters is 1. The van der Waals surface area contributed by atoms with Gasteiger partial charge in [-0.05, 0) is 19.8 Å². The molecule has 0 amide bonds. The number of rotatable bonds is 6. The Bertz CT molecular complexity index is 250. The minimum Gasteiger partial charge on any atom is -0.465 e. The summed E-state index contributed by atoms with van der Waals surface area (Å²) in [7, 11) is 0. The second-order valence-corrected chi connectivity index (χ2v) is 4.66. The smallest absolute Gasteiger partial charge is 0.324 e. The van der Waals surface area contributed by atoms with Gasteiger partial charge in [0, 0.05) is 25.7 Å². The van der Waals surface area contributed by atoms with Crippen molar-refractivity contribution in [2.45, 2.75) is 31.8 Å². The fraction of sp³-hybridized carbons (Fsp3) is 0.917. The van der Waals surface area contributed by atoms with Gasteiger partial charge >= 0.3 is 5.97 Å². The van der Waals surface area contributed by atoms with Gasteiger partial charge in [0.1, 0.15) is 6.04 Å². The van der Waals surface area contributed by atoms with E-state index < -0.39 is 0 Å². The number of carbonyl (C=O) groups excluding carboxylic acids is 1. The molecule has 0 bridgehead atoms. The van der Waals surface area contributed by atoms with Gasteiger partial charge in [-0.3, -0.25) is 9.69 Å². The van der Waals surface area contributed by atoms with Crippen molar-refractivity contribution in [3.63, 3.8) is 0 Å². The number of hydrogen-bond donors (Lipinski definition) is 1. The third kappa shape index (κ3) is 4.26. The van der Waals surface area contributed by atoms with E-state index in [9.17, 15) is 4.79 Å². The van der Waals surface area contributed by atoms with Crippen molar-refractivity contribution < 1.29 is 14.3 Å². The lowest BCUT2D eigenvalue weighted by molar-refractivity contribution is -0.146. The van der Waals surface area contributed by atoms with Crippen LogP contribution < -0.4 is 5.32 Å². The van der Waals surface area contributed by atoms with Crippen molar-refractivity contribution in [1.82, 2.24) is 10.2 Å². The zero-order chi connectivity index (χ0) is 12.1. The van der Waals surface area contributed by atoms with E-state index in [1.54, 1.807) is 0 Å². The number of hydrogen-bond acceptors (Lipinski definition) is 5. The van der Waals surface area contributed by atoms with Gasteiger partial charge in [-0.25, -0.2) is 0 Å². The average Bonchev–Trinajstić information content (AvgIpc) is 3.14. The van der Waals surface area contributed by atoms with Crippen LogP contribution in [0.5, 0.6) is 0 Å². The molecule has 1 unspecified atom stereocenters. The molecule has 1 N–H and O–H groups in total. The molecular formula is C12H22N2O3. The first kappa shape index (κ1) is 12.8. The molecule has 1 aliphatic carbocycles. The predicted molar refractivity (Wildman–Crippen MR) is 63.8 cm³/mol. The van der Waals surface area contributed by atoms with Gasteiger partial charge in [-0.2, -0.15) is 0 Å². The van der Waals surface area contributed by atoms with Crippen LogP contribution in [0.3, 0.4) is 0 Å². The minimum atomic E-state index is -0.180. The zero-order valence-electron chi connectivity index (χ0n) is 10.5. The van der Waals surface area contributed by atoms with Crippen LogP contribution in [-0.4, -0.2) is 62.4 Å². The van der Waals surface area contributed by atoms with Crippen LogP contribution in [0.2, 0.25) is 0 Å². The summed E-state index contributed by atoms with van der Waals surface area (Å²) in [6.45, 7) is 6.37. The van der Waals surface area contributed by atoms with Crippen molar-refractivity contribution in [3.05, 3.63) is 0 Å².